The first-order valence-electron chi connectivity index (χ1n) is 16.6. The van der Waals surface area contributed by atoms with Crippen LogP contribution in [0.4, 0.5) is 0 Å². The Hall–Kier alpha value is -6.40. The average molecular weight is 631 g/mol. The largest absolute Gasteiger partial charge is 0.276 e. The maximum absolute atomic E-state index is 5.15. The topological polar surface area (TPSA) is 60.9 Å². The Morgan fingerprint density at radius 2 is 1.06 bits per heavy atom. The molecule has 232 valence electrons. The Balaban J connectivity index is 1.22. The first-order valence-corrected chi connectivity index (χ1v) is 16.6. The standard InChI is InChI=1S/C43H30N6/c1-43(2)33-18-10-9-17-31(33)32-25-29(21-23-34(32)43)30-22-24-37-38(26-30)48-36-20-12-11-19-35(36)44-42(48)49(37)41-46-39(27-13-5-3-6-14-27)45-40(47-41)28-15-7-4-8-16-28/h3-26H,1-2H3. The van der Waals surface area contributed by atoms with Gasteiger partial charge in [-0.1, -0.05) is 129 Å². The van der Waals surface area contributed by atoms with Crippen molar-refractivity contribution in [2.75, 3.05) is 0 Å². The zero-order chi connectivity index (χ0) is 32.7. The van der Waals surface area contributed by atoms with Gasteiger partial charge in [0.05, 0.1) is 22.1 Å². The van der Waals surface area contributed by atoms with Gasteiger partial charge in [-0.2, -0.15) is 9.97 Å². The lowest BCUT2D eigenvalue weighted by Gasteiger charge is -2.21. The van der Waals surface area contributed by atoms with Crippen molar-refractivity contribution in [3.63, 3.8) is 0 Å². The van der Waals surface area contributed by atoms with Gasteiger partial charge in [0.1, 0.15) is 0 Å². The molecule has 0 saturated carbocycles. The molecule has 0 N–H and O–H groups in total. The second-order valence-electron chi connectivity index (χ2n) is 13.2. The fourth-order valence-corrected chi connectivity index (χ4v) is 7.57. The smallest absolute Gasteiger partial charge is 0.241 e. The summed E-state index contributed by atoms with van der Waals surface area (Å²) in [5.74, 6) is 2.49. The molecule has 10 rings (SSSR count). The first kappa shape index (κ1) is 27.7. The molecule has 0 saturated heterocycles. The molecular weight excluding hydrogens is 601 g/mol. The molecule has 0 aliphatic heterocycles. The van der Waals surface area contributed by atoms with Crippen molar-refractivity contribution in [1.82, 2.24) is 28.9 Å². The molecule has 6 aromatic carbocycles. The molecule has 0 atom stereocenters. The zero-order valence-electron chi connectivity index (χ0n) is 27.0. The first-order chi connectivity index (χ1) is 24.0. The summed E-state index contributed by atoms with van der Waals surface area (Å²) in [5.41, 5.74) is 13.4. The molecule has 0 radical (unpaired) electrons. The Morgan fingerprint density at radius 1 is 0.449 bits per heavy atom. The van der Waals surface area contributed by atoms with Crippen LogP contribution < -0.4 is 0 Å². The van der Waals surface area contributed by atoms with Crippen LogP contribution in [0.15, 0.2) is 146 Å². The number of fused-ring (bicyclic) bond motifs is 8. The SMILES string of the molecule is CC1(C)c2ccccc2-c2cc(-c3ccc4c(c3)n3c5ccccc5nc3n4-c3nc(-c4ccccc4)nc(-c4ccccc4)n3)ccc21. The van der Waals surface area contributed by atoms with Crippen LogP contribution in [0.3, 0.4) is 0 Å². The predicted octanol–water partition coefficient (Wildman–Crippen LogP) is 9.92. The van der Waals surface area contributed by atoms with Crippen LogP contribution in [-0.2, 0) is 5.41 Å². The zero-order valence-corrected chi connectivity index (χ0v) is 27.0. The molecule has 3 aromatic heterocycles. The predicted molar refractivity (Wildman–Crippen MR) is 197 cm³/mol. The molecule has 6 nitrogen and oxygen atoms in total. The normalized spacial score (nSPS) is 13.3. The summed E-state index contributed by atoms with van der Waals surface area (Å²) in [7, 11) is 0. The van der Waals surface area contributed by atoms with E-state index in [2.05, 4.69) is 102 Å². The van der Waals surface area contributed by atoms with Crippen molar-refractivity contribution in [3.05, 3.63) is 157 Å². The van der Waals surface area contributed by atoms with Gasteiger partial charge in [0.15, 0.2) is 11.6 Å². The minimum Gasteiger partial charge on any atom is -0.276 e. The van der Waals surface area contributed by atoms with Crippen LogP contribution in [0.5, 0.6) is 0 Å². The van der Waals surface area contributed by atoms with E-state index in [1.165, 1.54) is 27.8 Å². The number of rotatable bonds is 4. The van der Waals surface area contributed by atoms with E-state index in [9.17, 15) is 0 Å². The van der Waals surface area contributed by atoms with Crippen LogP contribution >= 0.6 is 0 Å². The fourth-order valence-electron chi connectivity index (χ4n) is 7.57. The summed E-state index contributed by atoms with van der Waals surface area (Å²) in [6.45, 7) is 4.64. The molecule has 6 heteroatoms. The molecule has 1 aliphatic rings. The molecule has 49 heavy (non-hydrogen) atoms. The van der Waals surface area contributed by atoms with Crippen molar-refractivity contribution in [3.8, 4) is 51.0 Å². The van der Waals surface area contributed by atoms with Crippen molar-refractivity contribution >= 4 is 27.8 Å². The molecule has 0 unspecified atom stereocenters. The minimum atomic E-state index is -0.0325. The Labute approximate surface area is 283 Å². The lowest BCUT2D eigenvalue weighted by molar-refractivity contribution is 0.660. The van der Waals surface area contributed by atoms with E-state index < -0.39 is 0 Å². The van der Waals surface area contributed by atoms with Crippen molar-refractivity contribution in [2.45, 2.75) is 19.3 Å². The molecular formula is C43H30N6. The number of para-hydroxylation sites is 2. The van der Waals surface area contributed by atoms with Crippen molar-refractivity contribution in [2.24, 2.45) is 0 Å². The van der Waals surface area contributed by atoms with Gasteiger partial charge in [-0.3, -0.25) is 4.40 Å². The van der Waals surface area contributed by atoms with Gasteiger partial charge in [0, 0.05) is 16.5 Å². The van der Waals surface area contributed by atoms with Crippen LogP contribution in [0.25, 0.3) is 78.8 Å². The molecule has 0 amide bonds. The number of benzene rings is 6. The van der Waals surface area contributed by atoms with E-state index in [0.29, 0.717) is 17.6 Å². The second kappa shape index (κ2) is 10.3. The summed E-state index contributed by atoms with van der Waals surface area (Å²) >= 11 is 0. The van der Waals surface area contributed by atoms with Gasteiger partial charge in [-0.05, 0) is 63.7 Å². The summed E-state index contributed by atoms with van der Waals surface area (Å²) < 4.78 is 4.30. The van der Waals surface area contributed by atoms with Gasteiger partial charge in [-0.25, -0.2) is 14.5 Å². The van der Waals surface area contributed by atoms with E-state index in [-0.39, 0.29) is 5.41 Å². The highest BCUT2D eigenvalue weighted by atomic mass is 15.3. The lowest BCUT2D eigenvalue weighted by Crippen LogP contribution is -2.14. The maximum Gasteiger partial charge on any atom is 0.241 e. The van der Waals surface area contributed by atoms with Gasteiger partial charge in [0.2, 0.25) is 11.7 Å². The van der Waals surface area contributed by atoms with Gasteiger partial charge >= 0.3 is 0 Å². The third-order valence-electron chi connectivity index (χ3n) is 10.0. The second-order valence-corrected chi connectivity index (χ2v) is 13.2. The van der Waals surface area contributed by atoms with Crippen molar-refractivity contribution < 1.29 is 0 Å². The Morgan fingerprint density at radius 3 is 1.82 bits per heavy atom. The number of hydrogen-bond donors (Lipinski definition) is 0. The molecule has 1 aliphatic carbocycles. The van der Waals surface area contributed by atoms with E-state index in [0.717, 1.165) is 44.5 Å². The van der Waals surface area contributed by atoms with Crippen LogP contribution in [0, 0.1) is 0 Å². The molecule has 0 bridgehead atoms. The van der Waals surface area contributed by atoms with Crippen LogP contribution in [0.1, 0.15) is 25.0 Å². The van der Waals surface area contributed by atoms with E-state index >= 15 is 0 Å². The van der Waals surface area contributed by atoms with Crippen molar-refractivity contribution in [1.29, 1.82) is 0 Å². The molecule has 3 heterocycles. The minimum absolute atomic E-state index is 0.0325. The molecule has 0 fully saturated rings. The van der Waals surface area contributed by atoms with E-state index in [1.54, 1.807) is 0 Å². The highest BCUT2D eigenvalue weighted by Gasteiger charge is 2.35. The van der Waals surface area contributed by atoms with Gasteiger partial charge in [0.25, 0.3) is 0 Å². The number of imidazole rings is 2. The summed E-state index contributed by atoms with van der Waals surface area (Å²) in [5, 5.41) is 0. The third-order valence-corrected chi connectivity index (χ3v) is 10.0. The highest BCUT2D eigenvalue weighted by Crippen LogP contribution is 2.49. The maximum atomic E-state index is 5.15. The van der Waals surface area contributed by atoms with E-state index in [4.69, 9.17) is 19.9 Å². The van der Waals surface area contributed by atoms with Crippen LogP contribution in [0.2, 0.25) is 0 Å². The summed E-state index contributed by atoms with van der Waals surface area (Å²) in [6, 6.07) is 50.8. The summed E-state index contributed by atoms with van der Waals surface area (Å²) in [6.07, 6.45) is 0. The average Bonchev–Trinajstić information content (AvgIpc) is 3.76. The molecule has 0 spiro atoms. The van der Waals surface area contributed by atoms with Gasteiger partial charge < -0.3 is 0 Å². The third kappa shape index (κ3) is 4.14. The quantitative estimate of drug-likeness (QED) is 0.194. The Bertz CT molecular complexity index is 2680. The highest BCUT2D eigenvalue weighted by molar-refractivity contribution is 5.94. The monoisotopic (exact) mass is 630 g/mol. The molecule has 9 aromatic rings. The number of hydrogen-bond acceptors (Lipinski definition) is 4. The van der Waals surface area contributed by atoms with Crippen LogP contribution in [-0.4, -0.2) is 28.9 Å². The van der Waals surface area contributed by atoms with Gasteiger partial charge in [-0.15, -0.1) is 0 Å². The summed E-state index contributed by atoms with van der Waals surface area (Å²) in [4.78, 5) is 20.3. The Kier molecular flexibility index (Phi) is 5.82. The number of aromatic nitrogens is 6. The lowest BCUT2D eigenvalue weighted by atomic mass is 9.82. The number of nitrogens with zero attached hydrogens (tertiary/aromatic N) is 6. The van der Waals surface area contributed by atoms with E-state index in [1.807, 2.05) is 66.7 Å². The fraction of sp³-hybridized carbons (Fsp3) is 0.0698.